The zero-order chi connectivity index (χ0) is 14.8. The Bertz CT molecular complexity index is 766. The van der Waals surface area contributed by atoms with Crippen molar-refractivity contribution in [3.05, 3.63) is 69.7 Å². The molecule has 3 rings (SSSR count). The van der Waals surface area contributed by atoms with Crippen LogP contribution in [0.25, 0.3) is 6.08 Å². The predicted octanol–water partition coefficient (Wildman–Crippen LogP) is 3.50. The van der Waals surface area contributed by atoms with Crippen LogP contribution in [-0.4, -0.2) is 16.8 Å². The fraction of sp³-hybridized carbons (Fsp3) is 0. The molecule has 0 saturated heterocycles. The molecule has 0 spiro atoms. The quantitative estimate of drug-likeness (QED) is 0.670. The summed E-state index contributed by atoms with van der Waals surface area (Å²) < 4.78 is 0.803. The van der Waals surface area contributed by atoms with E-state index in [-0.39, 0.29) is 5.75 Å². The van der Waals surface area contributed by atoms with Crippen molar-refractivity contribution < 1.29 is 14.7 Å². The molecule has 5 heteroatoms. The van der Waals surface area contributed by atoms with Gasteiger partial charge < -0.3 is 9.94 Å². The van der Waals surface area contributed by atoms with Gasteiger partial charge in [0.05, 0.1) is 5.57 Å². The monoisotopic (exact) mass is 343 g/mol. The molecule has 0 aliphatic carbocycles. The second kappa shape index (κ2) is 5.54. The van der Waals surface area contributed by atoms with Crippen molar-refractivity contribution in [2.24, 2.45) is 5.16 Å². The number of halogens is 1. The summed E-state index contributed by atoms with van der Waals surface area (Å²) in [6.07, 6.45) is 1.57. The minimum atomic E-state index is -0.534. The largest absolute Gasteiger partial charge is 0.507 e. The Morgan fingerprint density at radius 2 is 1.90 bits per heavy atom. The first kappa shape index (κ1) is 13.6. The van der Waals surface area contributed by atoms with Crippen LogP contribution in [0.1, 0.15) is 11.1 Å². The van der Waals surface area contributed by atoms with Crippen LogP contribution < -0.4 is 0 Å². The van der Waals surface area contributed by atoms with E-state index < -0.39 is 5.97 Å². The average Bonchev–Trinajstić information content (AvgIpc) is 2.85. The molecule has 1 aliphatic heterocycles. The van der Waals surface area contributed by atoms with Crippen LogP contribution in [0, 0.1) is 0 Å². The molecule has 0 aromatic heterocycles. The number of aromatic hydroxyl groups is 1. The molecular weight excluding hydrogens is 334 g/mol. The highest BCUT2D eigenvalue weighted by molar-refractivity contribution is 9.10. The molecule has 4 nitrogen and oxygen atoms in total. The molecule has 1 aliphatic rings. The summed E-state index contributed by atoms with van der Waals surface area (Å²) in [4.78, 5) is 16.6. The van der Waals surface area contributed by atoms with E-state index in [4.69, 9.17) is 4.84 Å². The van der Waals surface area contributed by atoms with E-state index in [9.17, 15) is 9.90 Å². The molecule has 104 valence electrons. The lowest BCUT2D eigenvalue weighted by atomic mass is 10.0. The Morgan fingerprint density at radius 1 is 1.14 bits per heavy atom. The normalized spacial score (nSPS) is 16.0. The van der Waals surface area contributed by atoms with Crippen LogP contribution in [0.5, 0.6) is 5.75 Å². The Labute approximate surface area is 129 Å². The lowest BCUT2D eigenvalue weighted by molar-refractivity contribution is -0.136. The van der Waals surface area contributed by atoms with Gasteiger partial charge in [0.2, 0.25) is 0 Å². The van der Waals surface area contributed by atoms with Crippen LogP contribution in [0.15, 0.2) is 63.7 Å². The van der Waals surface area contributed by atoms with E-state index >= 15 is 0 Å². The number of nitrogens with zero attached hydrogens (tertiary/aromatic N) is 1. The summed E-state index contributed by atoms with van der Waals surface area (Å²) in [6.45, 7) is 0. The highest BCUT2D eigenvalue weighted by Gasteiger charge is 2.26. The minimum Gasteiger partial charge on any atom is -0.507 e. The number of phenolic OH excluding ortho intramolecular Hbond substituents is 1. The van der Waals surface area contributed by atoms with Crippen molar-refractivity contribution >= 4 is 33.7 Å². The maximum atomic E-state index is 11.9. The number of carbonyl (C=O) groups excluding carboxylic acids is 1. The van der Waals surface area contributed by atoms with Crippen molar-refractivity contribution in [3.8, 4) is 5.75 Å². The highest BCUT2D eigenvalue weighted by atomic mass is 79.9. The molecule has 0 atom stereocenters. The van der Waals surface area contributed by atoms with Gasteiger partial charge in [-0.05, 0) is 24.3 Å². The summed E-state index contributed by atoms with van der Waals surface area (Å²) in [6, 6.07) is 14.3. The molecule has 1 N–H and O–H groups in total. The van der Waals surface area contributed by atoms with Crippen molar-refractivity contribution in [3.63, 3.8) is 0 Å². The van der Waals surface area contributed by atoms with Crippen LogP contribution in [0.2, 0.25) is 0 Å². The standard InChI is InChI=1S/C16H10BrNO3/c17-12-6-7-14(19)11(8-12)9-13-15(18-21-16(13)20)10-4-2-1-3-5-10/h1-9,19H. The molecule has 1 heterocycles. The number of rotatable bonds is 2. The fourth-order valence-corrected chi connectivity index (χ4v) is 2.39. The third kappa shape index (κ3) is 2.73. The van der Waals surface area contributed by atoms with E-state index in [0.29, 0.717) is 16.8 Å². The van der Waals surface area contributed by atoms with Gasteiger partial charge in [0, 0.05) is 15.6 Å². The summed E-state index contributed by atoms with van der Waals surface area (Å²) in [7, 11) is 0. The second-order valence-corrected chi connectivity index (χ2v) is 5.36. The Balaban J connectivity index is 2.07. The predicted molar refractivity (Wildman–Crippen MR) is 82.9 cm³/mol. The van der Waals surface area contributed by atoms with Crippen molar-refractivity contribution in [1.29, 1.82) is 0 Å². The van der Waals surface area contributed by atoms with Crippen LogP contribution in [-0.2, 0) is 9.63 Å². The van der Waals surface area contributed by atoms with Crippen molar-refractivity contribution in [1.82, 2.24) is 0 Å². The lowest BCUT2D eigenvalue weighted by Crippen LogP contribution is -2.06. The minimum absolute atomic E-state index is 0.0813. The Kier molecular flexibility index (Phi) is 3.58. The molecule has 0 fully saturated rings. The molecule has 2 aromatic carbocycles. The highest BCUT2D eigenvalue weighted by Crippen LogP contribution is 2.27. The van der Waals surface area contributed by atoms with Crippen molar-refractivity contribution in [2.45, 2.75) is 0 Å². The van der Waals surface area contributed by atoms with Crippen molar-refractivity contribution in [2.75, 3.05) is 0 Å². The molecule has 0 amide bonds. The van der Waals surface area contributed by atoms with E-state index in [1.54, 1.807) is 24.3 Å². The summed E-state index contributed by atoms with van der Waals surface area (Å²) in [5.74, 6) is -0.453. The third-order valence-corrected chi connectivity index (χ3v) is 3.52. The van der Waals surface area contributed by atoms with E-state index in [1.807, 2.05) is 30.3 Å². The molecular formula is C16H10BrNO3. The number of phenols is 1. The van der Waals surface area contributed by atoms with Gasteiger partial charge in [-0.25, -0.2) is 4.79 Å². The first-order valence-corrected chi connectivity index (χ1v) is 7.00. The number of hydrogen-bond donors (Lipinski definition) is 1. The van der Waals surface area contributed by atoms with E-state index in [2.05, 4.69) is 21.1 Å². The second-order valence-electron chi connectivity index (χ2n) is 4.45. The Morgan fingerprint density at radius 3 is 2.67 bits per heavy atom. The van der Waals surface area contributed by atoms with Gasteiger partial charge in [-0.1, -0.05) is 51.4 Å². The maximum absolute atomic E-state index is 11.9. The molecule has 0 bridgehead atoms. The smallest absolute Gasteiger partial charge is 0.368 e. The van der Waals surface area contributed by atoms with Gasteiger partial charge in [0.1, 0.15) is 11.5 Å². The van der Waals surface area contributed by atoms with Gasteiger partial charge in [-0.3, -0.25) is 0 Å². The van der Waals surface area contributed by atoms with E-state index in [0.717, 1.165) is 10.0 Å². The summed E-state index contributed by atoms with van der Waals surface area (Å²) >= 11 is 3.33. The fourth-order valence-electron chi connectivity index (χ4n) is 2.01. The maximum Gasteiger partial charge on any atom is 0.368 e. The van der Waals surface area contributed by atoms with Crippen LogP contribution in [0.3, 0.4) is 0 Å². The lowest BCUT2D eigenvalue weighted by Gasteiger charge is -2.03. The number of carbonyl (C=O) groups is 1. The van der Waals surface area contributed by atoms with Gasteiger partial charge in [0.25, 0.3) is 0 Å². The zero-order valence-corrected chi connectivity index (χ0v) is 12.4. The molecule has 0 unspecified atom stereocenters. The van der Waals surface area contributed by atoms with Gasteiger partial charge in [0.15, 0.2) is 0 Å². The van der Waals surface area contributed by atoms with Crippen LogP contribution >= 0.6 is 15.9 Å². The molecule has 2 aromatic rings. The number of hydrogen-bond acceptors (Lipinski definition) is 4. The van der Waals surface area contributed by atoms with Gasteiger partial charge >= 0.3 is 5.97 Å². The SMILES string of the molecule is O=C1ON=C(c2ccccc2)C1=Cc1cc(Br)ccc1O. The number of oxime groups is 1. The first-order valence-electron chi connectivity index (χ1n) is 6.20. The van der Waals surface area contributed by atoms with Gasteiger partial charge in [-0.2, -0.15) is 0 Å². The Hall–Kier alpha value is -2.40. The number of benzene rings is 2. The van der Waals surface area contributed by atoms with E-state index in [1.165, 1.54) is 0 Å². The summed E-state index contributed by atoms with van der Waals surface area (Å²) in [5.41, 5.74) is 2.07. The van der Waals surface area contributed by atoms with Crippen LogP contribution in [0.4, 0.5) is 0 Å². The topological polar surface area (TPSA) is 58.9 Å². The third-order valence-electron chi connectivity index (χ3n) is 3.03. The van der Waals surface area contributed by atoms with Gasteiger partial charge in [-0.15, -0.1) is 0 Å². The summed E-state index contributed by atoms with van der Waals surface area (Å²) in [5, 5.41) is 13.7. The average molecular weight is 344 g/mol. The molecule has 0 saturated carbocycles. The zero-order valence-electron chi connectivity index (χ0n) is 10.8. The molecule has 21 heavy (non-hydrogen) atoms. The molecule has 0 radical (unpaired) electrons. The first-order chi connectivity index (χ1) is 10.1.